The van der Waals surface area contributed by atoms with Gasteiger partial charge in [0.05, 0.1) is 17.3 Å². The number of rotatable bonds is 4. The van der Waals surface area contributed by atoms with E-state index in [0.717, 1.165) is 22.3 Å². The molecule has 1 fully saturated rings. The number of fused-ring (bicyclic) bond motifs is 3. The van der Waals surface area contributed by atoms with Crippen LogP contribution >= 0.6 is 0 Å². The van der Waals surface area contributed by atoms with E-state index < -0.39 is 15.1 Å². The van der Waals surface area contributed by atoms with Crippen molar-refractivity contribution in [1.82, 2.24) is 14.9 Å². The molecule has 0 spiro atoms. The van der Waals surface area contributed by atoms with Crippen molar-refractivity contribution in [3.8, 4) is 17.0 Å². The van der Waals surface area contributed by atoms with Gasteiger partial charge in [-0.2, -0.15) is 0 Å². The van der Waals surface area contributed by atoms with Crippen LogP contribution in [0.2, 0.25) is 0 Å². The predicted molar refractivity (Wildman–Crippen MR) is 109 cm³/mol. The summed E-state index contributed by atoms with van der Waals surface area (Å²) in [5.41, 5.74) is 3.89. The van der Waals surface area contributed by atoms with Gasteiger partial charge in [0.1, 0.15) is 0 Å². The molecular weight excluding hydrogens is 386 g/mol. The van der Waals surface area contributed by atoms with Crippen LogP contribution in [0.25, 0.3) is 11.1 Å². The zero-order valence-corrected chi connectivity index (χ0v) is 16.8. The molecule has 148 valence electrons. The highest BCUT2D eigenvalue weighted by molar-refractivity contribution is 7.92. The van der Waals surface area contributed by atoms with Crippen LogP contribution in [0.3, 0.4) is 0 Å². The van der Waals surface area contributed by atoms with Crippen LogP contribution < -0.4 is 4.74 Å². The van der Waals surface area contributed by atoms with Gasteiger partial charge < -0.3 is 4.74 Å². The molecule has 0 amide bonds. The number of hydrogen-bond acceptors (Lipinski definition) is 6. The molecule has 2 aromatic heterocycles. The molecule has 6 nitrogen and oxygen atoms in total. The third-order valence-corrected chi connectivity index (χ3v) is 8.15. The van der Waals surface area contributed by atoms with E-state index in [-0.39, 0.29) is 5.92 Å². The molecule has 7 heteroatoms. The van der Waals surface area contributed by atoms with E-state index in [1.54, 1.807) is 31.8 Å². The second kappa shape index (κ2) is 6.93. The first-order valence-electron chi connectivity index (χ1n) is 9.56. The smallest absolute Gasteiger partial charge is 0.217 e. The predicted octanol–water partition coefficient (Wildman–Crippen LogP) is 2.91. The minimum Gasteiger partial charge on any atom is -0.481 e. The lowest BCUT2D eigenvalue weighted by Gasteiger charge is -2.18. The first-order chi connectivity index (χ1) is 14.1. The average molecular weight is 407 g/mol. The molecule has 1 aromatic carbocycles. The zero-order valence-electron chi connectivity index (χ0n) is 16.0. The highest BCUT2D eigenvalue weighted by atomic mass is 32.2. The Balaban J connectivity index is 1.47. The number of hydrogen-bond donors (Lipinski definition) is 0. The van der Waals surface area contributed by atoms with Crippen LogP contribution in [-0.4, -0.2) is 48.7 Å². The number of ether oxygens (including phenoxy) is 1. The molecule has 3 aromatic rings. The van der Waals surface area contributed by atoms with Crippen molar-refractivity contribution >= 4 is 9.84 Å². The van der Waals surface area contributed by atoms with Crippen molar-refractivity contribution in [3.63, 3.8) is 0 Å². The lowest BCUT2D eigenvalue weighted by atomic mass is 9.95. The molecule has 0 unspecified atom stereocenters. The lowest BCUT2D eigenvalue weighted by Crippen LogP contribution is -2.26. The van der Waals surface area contributed by atoms with E-state index in [9.17, 15) is 8.42 Å². The van der Waals surface area contributed by atoms with Crippen LogP contribution in [0, 0.1) is 0 Å². The van der Waals surface area contributed by atoms with E-state index >= 15 is 0 Å². The number of likely N-dealkylation sites (tertiary alicyclic amines) is 1. The number of aromatic nitrogens is 2. The molecule has 2 aliphatic heterocycles. The fraction of sp³-hybridized carbons (Fsp3) is 0.273. The van der Waals surface area contributed by atoms with Gasteiger partial charge in [0.2, 0.25) is 5.88 Å². The monoisotopic (exact) mass is 407 g/mol. The molecule has 29 heavy (non-hydrogen) atoms. The average Bonchev–Trinajstić information content (AvgIpc) is 3.26. The fourth-order valence-electron chi connectivity index (χ4n) is 4.54. The number of nitrogens with zero attached hydrogens (tertiary/aromatic N) is 3. The van der Waals surface area contributed by atoms with Crippen LogP contribution in [0.1, 0.15) is 17.0 Å². The Morgan fingerprint density at radius 2 is 1.97 bits per heavy atom. The molecule has 1 saturated heterocycles. The van der Waals surface area contributed by atoms with E-state index in [4.69, 9.17) is 4.74 Å². The van der Waals surface area contributed by atoms with E-state index in [0.29, 0.717) is 30.4 Å². The largest absolute Gasteiger partial charge is 0.481 e. The lowest BCUT2D eigenvalue weighted by molar-refractivity contribution is 0.313. The van der Waals surface area contributed by atoms with Gasteiger partial charge in [-0.25, -0.2) is 13.4 Å². The first kappa shape index (κ1) is 18.3. The second-order valence-electron chi connectivity index (χ2n) is 7.55. The van der Waals surface area contributed by atoms with Crippen molar-refractivity contribution in [1.29, 1.82) is 0 Å². The maximum absolute atomic E-state index is 13.2. The third kappa shape index (κ3) is 3.01. The van der Waals surface area contributed by atoms with Crippen LogP contribution in [0.5, 0.6) is 5.88 Å². The highest BCUT2D eigenvalue weighted by Crippen LogP contribution is 2.46. The summed E-state index contributed by atoms with van der Waals surface area (Å²) in [5, 5.41) is -0.399. The van der Waals surface area contributed by atoms with Crippen LogP contribution in [0.4, 0.5) is 0 Å². The number of pyridine rings is 2. The Morgan fingerprint density at radius 1 is 1.10 bits per heavy atom. The zero-order chi connectivity index (χ0) is 20.0. The van der Waals surface area contributed by atoms with Gasteiger partial charge >= 0.3 is 0 Å². The van der Waals surface area contributed by atoms with Gasteiger partial charge in [-0.15, -0.1) is 0 Å². The SMILES string of the molecule is COc1ncccc1CN1C[C@@H]2[C@@H](C1)c1cc(-c3cccnc3)ccc1S2(=O)=O. The molecule has 5 rings (SSSR count). The van der Waals surface area contributed by atoms with E-state index in [1.807, 2.05) is 36.4 Å². The summed E-state index contributed by atoms with van der Waals surface area (Å²) in [7, 11) is -1.72. The van der Waals surface area contributed by atoms with Gasteiger partial charge in [-0.1, -0.05) is 18.2 Å². The van der Waals surface area contributed by atoms with Crippen LogP contribution in [-0.2, 0) is 16.4 Å². The summed E-state index contributed by atoms with van der Waals surface area (Å²) >= 11 is 0. The quantitative estimate of drug-likeness (QED) is 0.662. The van der Waals surface area contributed by atoms with E-state index in [2.05, 4.69) is 14.9 Å². The molecule has 2 atom stereocenters. The van der Waals surface area contributed by atoms with Gasteiger partial charge in [-0.05, 0) is 41.0 Å². The molecule has 0 aliphatic carbocycles. The first-order valence-corrected chi connectivity index (χ1v) is 11.1. The molecule has 0 radical (unpaired) electrons. The van der Waals surface area contributed by atoms with Crippen molar-refractivity contribution in [2.24, 2.45) is 0 Å². The Kier molecular flexibility index (Phi) is 4.37. The number of sulfone groups is 1. The van der Waals surface area contributed by atoms with Crippen LogP contribution in [0.15, 0.2) is 66.0 Å². The van der Waals surface area contributed by atoms with Gasteiger partial charge in [0, 0.05) is 49.7 Å². The summed E-state index contributed by atoms with van der Waals surface area (Å²) in [5.74, 6) is 0.570. The molecule has 0 N–H and O–H groups in total. The summed E-state index contributed by atoms with van der Waals surface area (Å²) < 4.78 is 31.7. The number of benzene rings is 1. The van der Waals surface area contributed by atoms with Crippen molar-refractivity contribution < 1.29 is 13.2 Å². The fourth-order valence-corrected chi connectivity index (χ4v) is 6.73. The third-order valence-electron chi connectivity index (χ3n) is 5.89. The molecule has 0 bridgehead atoms. The standard InChI is InChI=1S/C22H21N3O3S/c1-28-22-17(5-3-9-24-22)12-25-13-19-18-10-15(16-4-2-8-23-11-16)6-7-20(18)29(26,27)21(19)14-25/h2-11,19,21H,12-14H2,1H3/t19-,21+/m0/s1. The Bertz CT molecular complexity index is 1160. The second-order valence-corrected chi connectivity index (χ2v) is 9.69. The topological polar surface area (TPSA) is 72.4 Å². The summed E-state index contributed by atoms with van der Waals surface area (Å²) in [4.78, 5) is 11.1. The molecular formula is C22H21N3O3S. The summed E-state index contributed by atoms with van der Waals surface area (Å²) in [6.45, 7) is 1.84. The van der Waals surface area contributed by atoms with Gasteiger partial charge in [0.15, 0.2) is 9.84 Å². The summed E-state index contributed by atoms with van der Waals surface area (Å²) in [6, 6.07) is 13.4. The van der Waals surface area contributed by atoms with Crippen molar-refractivity contribution in [2.45, 2.75) is 22.6 Å². The number of methoxy groups -OCH3 is 1. The minimum atomic E-state index is -3.33. The summed E-state index contributed by atoms with van der Waals surface area (Å²) in [6.07, 6.45) is 5.24. The Hall–Kier alpha value is -2.77. The van der Waals surface area contributed by atoms with Gasteiger partial charge in [-0.3, -0.25) is 9.88 Å². The molecule has 0 saturated carbocycles. The highest BCUT2D eigenvalue weighted by Gasteiger charge is 2.50. The van der Waals surface area contributed by atoms with Crippen molar-refractivity contribution in [2.75, 3.05) is 20.2 Å². The normalized spacial score (nSPS) is 22.2. The van der Waals surface area contributed by atoms with E-state index in [1.165, 1.54) is 0 Å². The maximum Gasteiger partial charge on any atom is 0.217 e. The Labute approximate surface area is 170 Å². The molecule has 4 heterocycles. The van der Waals surface area contributed by atoms with Crippen molar-refractivity contribution in [3.05, 3.63) is 72.2 Å². The maximum atomic E-state index is 13.2. The molecule has 2 aliphatic rings. The Morgan fingerprint density at radius 3 is 2.76 bits per heavy atom. The minimum absolute atomic E-state index is 0.0192. The van der Waals surface area contributed by atoms with Gasteiger partial charge in [0.25, 0.3) is 0 Å².